The molecule has 1 aromatic rings. The number of fused-ring (bicyclic) bond motifs is 1. The lowest BCUT2D eigenvalue weighted by molar-refractivity contribution is 0.0534. The second-order valence-corrected chi connectivity index (χ2v) is 7.67. The molecule has 1 aromatic heterocycles. The molecule has 0 aromatic carbocycles. The molecule has 0 bridgehead atoms. The van der Waals surface area contributed by atoms with Crippen LogP contribution in [0.1, 0.15) is 40.6 Å². The van der Waals surface area contributed by atoms with Crippen LogP contribution in [0.15, 0.2) is 18.3 Å². The Bertz CT molecular complexity index is 688. The quantitative estimate of drug-likeness (QED) is 0.756. The van der Waals surface area contributed by atoms with Crippen LogP contribution in [0.25, 0.3) is 0 Å². The Kier molecular flexibility index (Phi) is 3.73. The maximum atomic E-state index is 12.4. The monoisotopic (exact) mass is 323 g/mol. The number of rotatable bonds is 3. The summed E-state index contributed by atoms with van der Waals surface area (Å²) in [5.41, 5.74) is 0.521. The number of piperidine rings is 1. The van der Waals surface area contributed by atoms with Gasteiger partial charge in [-0.1, -0.05) is 0 Å². The molecule has 1 saturated heterocycles. The van der Waals surface area contributed by atoms with Gasteiger partial charge < -0.3 is 0 Å². The van der Waals surface area contributed by atoms with E-state index in [0.717, 1.165) is 0 Å². The molecule has 0 saturated carbocycles. The van der Waals surface area contributed by atoms with E-state index in [1.807, 2.05) is 0 Å². The zero-order valence-electron chi connectivity index (χ0n) is 12.2. The van der Waals surface area contributed by atoms with Crippen molar-refractivity contribution < 1.29 is 18.0 Å². The van der Waals surface area contributed by atoms with Gasteiger partial charge >= 0.3 is 0 Å². The van der Waals surface area contributed by atoms with Gasteiger partial charge in [0.1, 0.15) is 5.69 Å². The fraction of sp³-hybridized carbons (Fsp3) is 0.500. The van der Waals surface area contributed by atoms with Gasteiger partial charge in [0.2, 0.25) is 10.0 Å². The number of imide groups is 1. The molecule has 2 aliphatic rings. The lowest BCUT2D eigenvalue weighted by Gasteiger charge is -2.34. The van der Waals surface area contributed by atoms with Gasteiger partial charge in [-0.3, -0.25) is 19.5 Å². The van der Waals surface area contributed by atoms with Crippen molar-refractivity contribution in [2.45, 2.75) is 25.8 Å². The van der Waals surface area contributed by atoms with E-state index in [2.05, 4.69) is 4.98 Å². The van der Waals surface area contributed by atoms with Gasteiger partial charge in [-0.2, -0.15) is 0 Å². The summed E-state index contributed by atoms with van der Waals surface area (Å²) in [5.74, 6) is -0.642. The highest BCUT2D eigenvalue weighted by atomic mass is 32.2. The highest BCUT2D eigenvalue weighted by Crippen LogP contribution is 2.27. The normalized spacial score (nSPS) is 20.5. The van der Waals surface area contributed by atoms with Crippen LogP contribution in [0.5, 0.6) is 0 Å². The molecular formula is C14H17N3O4S. The number of amides is 2. The summed E-state index contributed by atoms with van der Waals surface area (Å²) in [4.78, 5) is 30.0. The van der Waals surface area contributed by atoms with Crippen molar-refractivity contribution in [1.82, 2.24) is 14.2 Å². The van der Waals surface area contributed by atoms with Gasteiger partial charge in [0.25, 0.3) is 11.8 Å². The lowest BCUT2D eigenvalue weighted by atomic mass is 10.1. The largest absolute Gasteiger partial charge is 0.280 e. The number of sulfonamides is 1. The Morgan fingerprint density at radius 3 is 2.50 bits per heavy atom. The van der Waals surface area contributed by atoms with E-state index >= 15 is 0 Å². The Morgan fingerprint density at radius 1 is 1.23 bits per heavy atom. The number of nitrogens with zero attached hydrogens (tertiary/aromatic N) is 3. The van der Waals surface area contributed by atoms with Crippen LogP contribution in [-0.4, -0.2) is 59.3 Å². The molecule has 7 nitrogen and oxygen atoms in total. The molecule has 2 aliphatic heterocycles. The summed E-state index contributed by atoms with van der Waals surface area (Å²) in [6, 6.07) is 2.96. The van der Waals surface area contributed by atoms with Crippen molar-refractivity contribution >= 4 is 21.8 Å². The van der Waals surface area contributed by atoms with Crippen LogP contribution in [0.4, 0.5) is 0 Å². The lowest BCUT2D eigenvalue weighted by Crippen LogP contribution is -2.48. The Morgan fingerprint density at radius 2 is 1.91 bits per heavy atom. The number of aromatic nitrogens is 1. The highest BCUT2D eigenvalue weighted by Gasteiger charge is 2.42. The second-order valence-electron chi connectivity index (χ2n) is 5.41. The minimum absolute atomic E-state index is 0.0641. The minimum Gasteiger partial charge on any atom is -0.270 e. The summed E-state index contributed by atoms with van der Waals surface area (Å²) in [7, 11) is -3.22. The number of pyridine rings is 1. The summed E-state index contributed by atoms with van der Waals surface area (Å²) in [6.45, 7) is 2.28. The van der Waals surface area contributed by atoms with Crippen LogP contribution in [0, 0.1) is 0 Å². The van der Waals surface area contributed by atoms with Crippen molar-refractivity contribution in [3.8, 4) is 0 Å². The number of hydrogen-bond acceptors (Lipinski definition) is 5. The molecule has 0 spiro atoms. The molecule has 0 radical (unpaired) electrons. The third-order valence-electron chi connectivity index (χ3n) is 4.23. The van der Waals surface area contributed by atoms with E-state index in [1.165, 1.54) is 15.4 Å². The van der Waals surface area contributed by atoms with Crippen molar-refractivity contribution in [2.24, 2.45) is 0 Å². The van der Waals surface area contributed by atoms with Gasteiger partial charge in [0, 0.05) is 25.3 Å². The van der Waals surface area contributed by atoms with E-state index in [4.69, 9.17) is 0 Å². The van der Waals surface area contributed by atoms with E-state index in [0.29, 0.717) is 31.5 Å². The maximum absolute atomic E-state index is 12.4. The van der Waals surface area contributed by atoms with Crippen LogP contribution in [-0.2, 0) is 10.0 Å². The van der Waals surface area contributed by atoms with Crippen LogP contribution in [0.3, 0.4) is 0 Å². The number of carbonyl (C=O) groups excluding carboxylic acids is 2. The molecule has 0 atom stereocenters. The van der Waals surface area contributed by atoms with E-state index in [9.17, 15) is 18.0 Å². The van der Waals surface area contributed by atoms with Crippen LogP contribution >= 0.6 is 0 Å². The fourth-order valence-corrected chi connectivity index (χ4v) is 4.11. The van der Waals surface area contributed by atoms with Gasteiger partial charge in [0.05, 0.1) is 11.3 Å². The second kappa shape index (κ2) is 5.44. The molecule has 0 N–H and O–H groups in total. The van der Waals surface area contributed by atoms with Crippen LogP contribution < -0.4 is 0 Å². The molecule has 8 heteroatoms. The van der Waals surface area contributed by atoms with Gasteiger partial charge in [-0.05, 0) is 31.9 Å². The van der Waals surface area contributed by atoms with Gasteiger partial charge in [-0.25, -0.2) is 12.7 Å². The average molecular weight is 323 g/mol. The first-order valence-corrected chi connectivity index (χ1v) is 8.87. The fourth-order valence-electron chi connectivity index (χ4n) is 2.98. The predicted molar refractivity (Wildman–Crippen MR) is 78.8 cm³/mol. The molecule has 3 rings (SSSR count). The third-order valence-corrected chi connectivity index (χ3v) is 6.11. The van der Waals surface area contributed by atoms with Crippen molar-refractivity contribution in [3.05, 3.63) is 29.6 Å². The molecule has 0 unspecified atom stereocenters. The molecule has 118 valence electrons. The zero-order valence-corrected chi connectivity index (χ0v) is 13.0. The Balaban J connectivity index is 1.76. The first-order valence-electron chi connectivity index (χ1n) is 7.26. The topological polar surface area (TPSA) is 87.7 Å². The van der Waals surface area contributed by atoms with E-state index in [1.54, 1.807) is 19.1 Å². The Labute approximate surface area is 129 Å². The average Bonchev–Trinajstić information content (AvgIpc) is 2.79. The molecule has 3 heterocycles. The first-order chi connectivity index (χ1) is 10.5. The molecule has 1 fully saturated rings. The SMILES string of the molecule is CCS(=O)(=O)N1CCC(N2C(=O)c3cccnc3C2=O)CC1. The van der Waals surface area contributed by atoms with E-state index in [-0.39, 0.29) is 29.3 Å². The van der Waals surface area contributed by atoms with Crippen molar-refractivity contribution in [2.75, 3.05) is 18.8 Å². The zero-order chi connectivity index (χ0) is 15.9. The molecule has 0 aliphatic carbocycles. The van der Waals surface area contributed by atoms with Crippen LogP contribution in [0.2, 0.25) is 0 Å². The summed E-state index contributed by atoms with van der Waals surface area (Å²) < 4.78 is 25.1. The maximum Gasteiger partial charge on any atom is 0.280 e. The standard InChI is InChI=1S/C14H17N3O4S/c1-2-22(20,21)16-8-5-10(6-9-16)17-13(18)11-4-3-7-15-12(11)14(17)19/h3-4,7,10H,2,5-6,8-9H2,1H3. The van der Waals surface area contributed by atoms with Crippen molar-refractivity contribution in [3.63, 3.8) is 0 Å². The first kappa shape index (κ1) is 15.1. The number of carbonyl (C=O) groups is 2. The number of hydrogen-bond donors (Lipinski definition) is 0. The van der Waals surface area contributed by atoms with Crippen molar-refractivity contribution in [1.29, 1.82) is 0 Å². The van der Waals surface area contributed by atoms with Gasteiger partial charge in [-0.15, -0.1) is 0 Å². The molecule has 22 heavy (non-hydrogen) atoms. The third kappa shape index (κ3) is 2.32. The minimum atomic E-state index is -3.22. The molecular weight excluding hydrogens is 306 g/mol. The Hall–Kier alpha value is -1.80. The molecule has 2 amide bonds. The summed E-state index contributed by atoms with van der Waals surface area (Å²) in [5, 5.41) is 0. The van der Waals surface area contributed by atoms with Gasteiger partial charge in [0.15, 0.2) is 0 Å². The smallest absolute Gasteiger partial charge is 0.270 e. The summed E-state index contributed by atoms with van der Waals surface area (Å²) >= 11 is 0. The van der Waals surface area contributed by atoms with E-state index < -0.39 is 10.0 Å². The predicted octanol–water partition coefficient (Wildman–Crippen LogP) is 0.492. The highest BCUT2D eigenvalue weighted by molar-refractivity contribution is 7.89. The summed E-state index contributed by atoms with van der Waals surface area (Å²) in [6.07, 6.45) is 2.42.